The lowest BCUT2D eigenvalue weighted by molar-refractivity contribution is -0.115. The van der Waals surface area contributed by atoms with Crippen LogP contribution in [0.5, 0.6) is 0 Å². The van der Waals surface area contributed by atoms with E-state index in [1.807, 2.05) is 0 Å². The normalized spacial score (nSPS) is 18.3. The molecule has 4 nitrogen and oxygen atoms in total. The van der Waals surface area contributed by atoms with Crippen molar-refractivity contribution in [3.63, 3.8) is 0 Å². The molecule has 0 spiro atoms. The topological polar surface area (TPSA) is 66.4 Å². The van der Waals surface area contributed by atoms with Crippen molar-refractivity contribution < 1.29 is 23.5 Å². The third-order valence-corrected chi connectivity index (χ3v) is 4.14. The second-order valence-electron chi connectivity index (χ2n) is 4.11. The van der Waals surface area contributed by atoms with Gasteiger partial charge < -0.3 is 10.4 Å². The van der Waals surface area contributed by atoms with Crippen molar-refractivity contribution in [3.8, 4) is 0 Å². The molecule has 1 atom stereocenters. The second kappa shape index (κ2) is 5.56. The number of rotatable bonds is 3. The van der Waals surface area contributed by atoms with Crippen LogP contribution in [0.1, 0.15) is 23.2 Å². The predicted molar refractivity (Wildman–Crippen MR) is 67.4 cm³/mol. The Hall–Kier alpha value is -1.63. The van der Waals surface area contributed by atoms with Gasteiger partial charge in [-0.2, -0.15) is 0 Å². The van der Waals surface area contributed by atoms with Crippen LogP contribution in [0.2, 0.25) is 0 Å². The van der Waals surface area contributed by atoms with Crippen LogP contribution in [0.3, 0.4) is 0 Å². The Balaban J connectivity index is 2.21. The smallest absolute Gasteiger partial charge is 0.338 e. The van der Waals surface area contributed by atoms with Crippen molar-refractivity contribution in [1.29, 1.82) is 0 Å². The number of nitrogens with one attached hydrogen (secondary N) is 1. The molecule has 19 heavy (non-hydrogen) atoms. The van der Waals surface area contributed by atoms with E-state index < -0.39 is 23.2 Å². The minimum atomic E-state index is -1.51. The van der Waals surface area contributed by atoms with Gasteiger partial charge in [-0.1, -0.05) is 0 Å². The molecule has 2 N–H and O–H groups in total. The highest BCUT2D eigenvalue weighted by molar-refractivity contribution is 8.00. The van der Waals surface area contributed by atoms with E-state index in [2.05, 4.69) is 5.32 Å². The monoisotopic (exact) mass is 287 g/mol. The number of carbonyl (C=O) groups is 2. The Labute approximate surface area is 112 Å². The molecule has 0 aliphatic carbocycles. The van der Waals surface area contributed by atoms with E-state index in [0.29, 0.717) is 12.5 Å². The fourth-order valence-corrected chi connectivity index (χ4v) is 2.97. The highest BCUT2D eigenvalue weighted by atomic mass is 32.2. The molecule has 0 aromatic heterocycles. The number of benzene rings is 1. The van der Waals surface area contributed by atoms with Crippen LogP contribution < -0.4 is 5.32 Å². The highest BCUT2D eigenvalue weighted by Crippen LogP contribution is 2.28. The van der Waals surface area contributed by atoms with E-state index in [1.165, 1.54) is 11.8 Å². The summed E-state index contributed by atoms with van der Waals surface area (Å²) in [7, 11) is 0. The lowest BCUT2D eigenvalue weighted by Gasteiger charge is -2.11. The molecule has 1 aromatic rings. The van der Waals surface area contributed by atoms with Gasteiger partial charge in [0.25, 0.3) is 0 Å². The summed E-state index contributed by atoms with van der Waals surface area (Å²) in [5, 5.41) is 10.8. The number of amides is 1. The van der Waals surface area contributed by atoms with Crippen LogP contribution in [-0.4, -0.2) is 28.0 Å². The molecule has 1 aromatic carbocycles. The number of hydrogen-bond donors (Lipinski definition) is 2. The number of aromatic carboxylic acids is 1. The van der Waals surface area contributed by atoms with Gasteiger partial charge in [0.05, 0.1) is 16.5 Å². The maximum absolute atomic E-state index is 13.5. The Morgan fingerprint density at radius 2 is 2.05 bits per heavy atom. The summed E-state index contributed by atoms with van der Waals surface area (Å²) in [5.74, 6) is -3.19. The Morgan fingerprint density at radius 1 is 1.32 bits per heavy atom. The summed E-state index contributed by atoms with van der Waals surface area (Å²) in [6.07, 6.45) is 1.61. The summed E-state index contributed by atoms with van der Waals surface area (Å²) in [4.78, 5) is 22.5. The number of anilines is 1. The summed E-state index contributed by atoms with van der Waals surface area (Å²) < 4.78 is 26.7. The molecule has 0 bridgehead atoms. The summed E-state index contributed by atoms with van der Waals surface area (Å²) in [5.41, 5.74) is -0.980. The fourth-order valence-electron chi connectivity index (χ4n) is 1.81. The number of thioether (sulfide) groups is 1. The van der Waals surface area contributed by atoms with E-state index >= 15 is 0 Å². The standard InChI is InChI=1S/C12H11F2NO3S/c13-7-5-8(14)9(4-6(7)12(17)18)15-11(16)10-2-1-3-19-10/h4-5,10H,1-3H2,(H,15,16)(H,17,18). The van der Waals surface area contributed by atoms with Crippen molar-refractivity contribution in [2.45, 2.75) is 18.1 Å². The summed E-state index contributed by atoms with van der Waals surface area (Å²) >= 11 is 1.46. The first kappa shape index (κ1) is 13.8. The molecular weight excluding hydrogens is 276 g/mol. The van der Waals surface area contributed by atoms with Crippen LogP contribution in [0, 0.1) is 11.6 Å². The molecule has 0 saturated carbocycles. The van der Waals surface area contributed by atoms with Crippen molar-refractivity contribution in [2.24, 2.45) is 0 Å². The first-order valence-electron chi connectivity index (χ1n) is 5.64. The van der Waals surface area contributed by atoms with Gasteiger partial charge in [0, 0.05) is 6.07 Å². The van der Waals surface area contributed by atoms with Gasteiger partial charge >= 0.3 is 5.97 Å². The maximum atomic E-state index is 13.5. The number of carbonyl (C=O) groups excluding carboxylic acids is 1. The highest BCUT2D eigenvalue weighted by Gasteiger charge is 2.25. The molecule has 1 aliphatic rings. The third kappa shape index (κ3) is 3.04. The number of carboxylic acids is 1. The first-order valence-corrected chi connectivity index (χ1v) is 6.68. The molecular formula is C12H11F2NO3S. The van der Waals surface area contributed by atoms with E-state index in [1.54, 1.807) is 0 Å². The molecule has 1 unspecified atom stereocenters. The average molecular weight is 287 g/mol. The fraction of sp³-hybridized carbons (Fsp3) is 0.333. The van der Waals surface area contributed by atoms with Crippen LogP contribution >= 0.6 is 11.8 Å². The van der Waals surface area contributed by atoms with E-state index in [4.69, 9.17) is 5.11 Å². The molecule has 1 aliphatic heterocycles. The molecule has 1 heterocycles. The van der Waals surface area contributed by atoms with Crippen LogP contribution in [0.4, 0.5) is 14.5 Å². The number of hydrogen-bond acceptors (Lipinski definition) is 3. The van der Waals surface area contributed by atoms with Crippen molar-refractivity contribution in [2.75, 3.05) is 11.1 Å². The zero-order valence-corrected chi connectivity index (χ0v) is 10.6. The molecule has 1 fully saturated rings. The van der Waals surface area contributed by atoms with Crippen molar-refractivity contribution in [3.05, 3.63) is 29.3 Å². The SMILES string of the molecule is O=C(O)c1cc(NC(=O)C2CCCS2)c(F)cc1F. The lowest BCUT2D eigenvalue weighted by Crippen LogP contribution is -2.23. The summed E-state index contributed by atoms with van der Waals surface area (Å²) in [6.45, 7) is 0. The molecule has 1 saturated heterocycles. The van der Waals surface area contributed by atoms with Crippen LogP contribution in [0.15, 0.2) is 12.1 Å². The Kier molecular flexibility index (Phi) is 4.04. The van der Waals surface area contributed by atoms with Gasteiger partial charge in [-0.15, -0.1) is 11.8 Å². The number of carboxylic acid groups (broad SMARTS) is 1. The van der Waals surface area contributed by atoms with Gasteiger partial charge in [0.15, 0.2) is 0 Å². The van der Waals surface area contributed by atoms with Crippen LogP contribution in [-0.2, 0) is 4.79 Å². The second-order valence-corrected chi connectivity index (χ2v) is 5.42. The van der Waals surface area contributed by atoms with Crippen molar-refractivity contribution in [1.82, 2.24) is 0 Å². The molecule has 0 radical (unpaired) electrons. The average Bonchev–Trinajstić information content (AvgIpc) is 2.85. The van der Waals surface area contributed by atoms with E-state index in [0.717, 1.165) is 18.2 Å². The minimum absolute atomic E-state index is 0.266. The van der Waals surface area contributed by atoms with Gasteiger partial charge in [-0.25, -0.2) is 13.6 Å². The molecule has 102 valence electrons. The number of halogens is 2. The Bertz CT molecular complexity index is 530. The van der Waals surface area contributed by atoms with Gasteiger partial charge in [-0.05, 0) is 24.7 Å². The van der Waals surface area contributed by atoms with E-state index in [9.17, 15) is 18.4 Å². The largest absolute Gasteiger partial charge is 0.478 e. The van der Waals surface area contributed by atoms with Gasteiger partial charge in [-0.3, -0.25) is 4.79 Å². The molecule has 7 heteroatoms. The first-order chi connectivity index (χ1) is 8.99. The lowest BCUT2D eigenvalue weighted by atomic mass is 10.1. The maximum Gasteiger partial charge on any atom is 0.338 e. The summed E-state index contributed by atoms with van der Waals surface area (Å²) in [6, 6.07) is 1.26. The Morgan fingerprint density at radius 3 is 2.63 bits per heavy atom. The van der Waals surface area contributed by atoms with E-state index in [-0.39, 0.29) is 16.8 Å². The van der Waals surface area contributed by atoms with Gasteiger partial charge in [0.1, 0.15) is 11.6 Å². The van der Waals surface area contributed by atoms with Crippen LogP contribution in [0.25, 0.3) is 0 Å². The predicted octanol–water partition coefficient (Wildman–Crippen LogP) is 2.50. The zero-order chi connectivity index (χ0) is 14.0. The third-order valence-electron chi connectivity index (χ3n) is 2.77. The van der Waals surface area contributed by atoms with Crippen molar-refractivity contribution >= 4 is 29.3 Å². The minimum Gasteiger partial charge on any atom is -0.478 e. The quantitative estimate of drug-likeness (QED) is 0.896. The molecule has 1 amide bonds. The van der Waals surface area contributed by atoms with Gasteiger partial charge in [0.2, 0.25) is 5.91 Å². The zero-order valence-electron chi connectivity index (χ0n) is 9.78. The molecule has 2 rings (SSSR count).